The lowest BCUT2D eigenvalue weighted by Crippen LogP contribution is -2.54. The quantitative estimate of drug-likeness (QED) is 0.607. The predicted molar refractivity (Wildman–Crippen MR) is 91.4 cm³/mol. The molecule has 0 unspecified atom stereocenters. The van der Waals surface area contributed by atoms with Crippen LogP contribution in [0.1, 0.15) is 46.5 Å². The molecule has 0 radical (unpaired) electrons. The van der Waals surface area contributed by atoms with E-state index in [2.05, 4.69) is 24.5 Å². The Kier molecular flexibility index (Phi) is 7.66. The number of amides is 2. The second-order valence-corrected chi connectivity index (χ2v) is 6.88. The molecule has 1 aliphatic heterocycles. The van der Waals surface area contributed by atoms with Crippen molar-refractivity contribution in [2.45, 2.75) is 64.6 Å². The number of nitrogens with zero attached hydrogens (tertiary/aromatic N) is 1. The van der Waals surface area contributed by atoms with Gasteiger partial charge < -0.3 is 15.3 Å². The fourth-order valence-electron chi connectivity index (χ4n) is 3.51. The minimum absolute atomic E-state index is 0.101. The minimum Gasteiger partial charge on any atom is -0.480 e. The van der Waals surface area contributed by atoms with Crippen LogP contribution in [0.3, 0.4) is 0 Å². The van der Waals surface area contributed by atoms with Crippen LogP contribution in [0, 0.1) is 11.8 Å². The van der Waals surface area contributed by atoms with Crippen LogP contribution in [0.5, 0.6) is 0 Å². The van der Waals surface area contributed by atoms with Gasteiger partial charge in [0, 0.05) is 33.1 Å². The molecule has 0 saturated carbocycles. The Labute approximate surface area is 144 Å². The Bertz CT molecular complexity index is 463. The van der Waals surface area contributed by atoms with Crippen molar-refractivity contribution >= 4 is 17.8 Å². The highest BCUT2D eigenvalue weighted by atomic mass is 16.4. The molecular formula is C17H31N3O4. The summed E-state index contributed by atoms with van der Waals surface area (Å²) >= 11 is 0. The maximum Gasteiger partial charge on any atom is 0.320 e. The highest BCUT2D eigenvalue weighted by Gasteiger charge is 2.45. The van der Waals surface area contributed by atoms with Gasteiger partial charge in [-0.2, -0.15) is 0 Å². The Morgan fingerprint density at radius 3 is 2.25 bits per heavy atom. The van der Waals surface area contributed by atoms with Crippen LogP contribution in [0.4, 0.5) is 0 Å². The molecule has 1 saturated heterocycles. The Morgan fingerprint density at radius 1 is 1.25 bits per heavy atom. The Morgan fingerprint density at radius 2 is 1.83 bits per heavy atom. The van der Waals surface area contributed by atoms with Crippen molar-refractivity contribution in [3.63, 3.8) is 0 Å². The van der Waals surface area contributed by atoms with Gasteiger partial charge in [-0.25, -0.2) is 0 Å². The number of carbonyl (C=O) groups excluding carboxylic acids is 2. The number of carboxylic acid groups (broad SMARTS) is 1. The highest BCUT2D eigenvalue weighted by molar-refractivity contribution is 5.83. The summed E-state index contributed by atoms with van der Waals surface area (Å²) in [6.07, 6.45) is 2.94. The van der Waals surface area contributed by atoms with Crippen LogP contribution in [-0.4, -0.2) is 60.0 Å². The van der Waals surface area contributed by atoms with E-state index in [4.69, 9.17) is 0 Å². The second-order valence-electron chi connectivity index (χ2n) is 6.88. The fraction of sp³-hybridized carbons (Fsp3) is 0.824. The van der Waals surface area contributed by atoms with Crippen LogP contribution < -0.4 is 10.6 Å². The van der Waals surface area contributed by atoms with Crippen molar-refractivity contribution < 1.29 is 19.5 Å². The summed E-state index contributed by atoms with van der Waals surface area (Å²) in [6, 6.07) is -1.39. The minimum atomic E-state index is -0.960. The monoisotopic (exact) mass is 341 g/mol. The maximum atomic E-state index is 12.5. The molecule has 0 aliphatic carbocycles. The summed E-state index contributed by atoms with van der Waals surface area (Å²) in [5.41, 5.74) is 0. The first-order valence-corrected chi connectivity index (χ1v) is 8.68. The van der Waals surface area contributed by atoms with E-state index in [0.717, 1.165) is 19.3 Å². The van der Waals surface area contributed by atoms with Crippen LogP contribution in [0.25, 0.3) is 0 Å². The molecule has 1 rings (SSSR count). The lowest BCUT2D eigenvalue weighted by atomic mass is 9.85. The molecule has 0 bridgehead atoms. The zero-order valence-electron chi connectivity index (χ0n) is 15.3. The third-order valence-corrected chi connectivity index (χ3v) is 4.94. The molecule has 7 nitrogen and oxygen atoms in total. The molecule has 7 heteroatoms. The SMILES string of the molecule is CCC(CC)C[C@H](NC(C)=O)[C@@H]1N[C@@H](C(=O)O)C[C@H]1C(=O)N(C)C. The number of hydrogen-bond donors (Lipinski definition) is 3. The van der Waals surface area contributed by atoms with Crippen LogP contribution in [0.2, 0.25) is 0 Å². The highest BCUT2D eigenvalue weighted by Crippen LogP contribution is 2.28. The third kappa shape index (κ3) is 5.19. The van der Waals surface area contributed by atoms with E-state index in [1.165, 1.54) is 11.8 Å². The molecule has 4 atom stereocenters. The molecule has 1 heterocycles. The zero-order chi connectivity index (χ0) is 18.4. The smallest absolute Gasteiger partial charge is 0.320 e. The van der Waals surface area contributed by atoms with Gasteiger partial charge in [0.15, 0.2) is 0 Å². The predicted octanol–water partition coefficient (Wildman–Crippen LogP) is 0.837. The largest absolute Gasteiger partial charge is 0.480 e. The normalized spacial score (nSPS) is 24.7. The molecule has 24 heavy (non-hydrogen) atoms. The summed E-state index contributed by atoms with van der Waals surface area (Å²) in [6.45, 7) is 5.65. The van der Waals surface area contributed by atoms with Gasteiger partial charge in [-0.05, 0) is 18.8 Å². The number of carbonyl (C=O) groups is 3. The number of nitrogens with one attached hydrogen (secondary N) is 2. The van der Waals surface area contributed by atoms with Gasteiger partial charge in [-0.15, -0.1) is 0 Å². The average molecular weight is 341 g/mol. The molecule has 3 N–H and O–H groups in total. The fourth-order valence-corrected chi connectivity index (χ4v) is 3.51. The maximum absolute atomic E-state index is 12.5. The van der Waals surface area contributed by atoms with Crippen LogP contribution in [-0.2, 0) is 14.4 Å². The van der Waals surface area contributed by atoms with Gasteiger partial charge in [0.1, 0.15) is 6.04 Å². The van der Waals surface area contributed by atoms with Gasteiger partial charge in [0.2, 0.25) is 11.8 Å². The summed E-state index contributed by atoms with van der Waals surface area (Å²) in [5, 5.41) is 15.3. The van der Waals surface area contributed by atoms with Crippen LogP contribution >= 0.6 is 0 Å². The van der Waals surface area contributed by atoms with Gasteiger partial charge in [-0.3, -0.25) is 19.7 Å². The van der Waals surface area contributed by atoms with Crippen molar-refractivity contribution in [3.05, 3.63) is 0 Å². The first-order valence-electron chi connectivity index (χ1n) is 8.68. The topological polar surface area (TPSA) is 98.7 Å². The van der Waals surface area contributed by atoms with E-state index in [1.807, 2.05) is 0 Å². The Balaban J connectivity index is 3.06. The van der Waals surface area contributed by atoms with E-state index < -0.39 is 17.9 Å². The van der Waals surface area contributed by atoms with Crippen molar-refractivity contribution in [1.29, 1.82) is 0 Å². The van der Waals surface area contributed by atoms with Crippen molar-refractivity contribution in [2.75, 3.05) is 14.1 Å². The summed E-state index contributed by atoms with van der Waals surface area (Å²) in [4.78, 5) is 37.0. The van der Waals surface area contributed by atoms with E-state index >= 15 is 0 Å². The number of rotatable bonds is 8. The molecule has 2 amide bonds. The van der Waals surface area contributed by atoms with Gasteiger partial charge in [-0.1, -0.05) is 26.7 Å². The van der Waals surface area contributed by atoms with E-state index in [9.17, 15) is 19.5 Å². The molecule has 1 fully saturated rings. The van der Waals surface area contributed by atoms with E-state index in [-0.39, 0.29) is 30.3 Å². The third-order valence-electron chi connectivity index (χ3n) is 4.94. The van der Waals surface area contributed by atoms with E-state index in [0.29, 0.717) is 5.92 Å². The van der Waals surface area contributed by atoms with Gasteiger partial charge >= 0.3 is 5.97 Å². The molecule has 138 valence electrons. The summed E-state index contributed by atoms with van der Waals surface area (Å²) in [7, 11) is 3.34. The van der Waals surface area contributed by atoms with Gasteiger partial charge in [0.05, 0.1) is 5.92 Å². The van der Waals surface area contributed by atoms with E-state index in [1.54, 1.807) is 14.1 Å². The molecule has 0 aromatic carbocycles. The Hall–Kier alpha value is -1.63. The van der Waals surface area contributed by atoms with Crippen molar-refractivity contribution in [2.24, 2.45) is 11.8 Å². The number of carboxylic acids is 1. The first-order chi connectivity index (χ1) is 11.2. The molecule has 0 aromatic rings. The van der Waals surface area contributed by atoms with Crippen molar-refractivity contribution in [1.82, 2.24) is 15.5 Å². The average Bonchev–Trinajstić information content (AvgIpc) is 2.95. The van der Waals surface area contributed by atoms with Crippen LogP contribution in [0.15, 0.2) is 0 Å². The van der Waals surface area contributed by atoms with Gasteiger partial charge in [0.25, 0.3) is 0 Å². The zero-order valence-corrected chi connectivity index (χ0v) is 15.3. The standard InChI is InChI=1S/C17H31N3O4/c1-6-11(7-2)8-13(18-10(3)21)15-12(16(22)20(4)5)9-14(19-15)17(23)24/h11-15,19H,6-9H2,1-5H3,(H,18,21)(H,23,24)/t12-,13+,14-,15-/m1/s1. The lowest BCUT2D eigenvalue weighted by molar-refractivity contribution is -0.139. The summed E-state index contributed by atoms with van der Waals surface area (Å²) < 4.78 is 0. The number of hydrogen-bond acceptors (Lipinski definition) is 4. The molecule has 0 aromatic heterocycles. The molecule has 0 spiro atoms. The second kappa shape index (κ2) is 9.01. The summed E-state index contributed by atoms with van der Waals surface area (Å²) in [5.74, 6) is -1.26. The lowest BCUT2D eigenvalue weighted by Gasteiger charge is -2.32. The first kappa shape index (κ1) is 20.4. The molecular weight excluding hydrogens is 310 g/mol. The number of aliphatic carboxylic acids is 1. The van der Waals surface area contributed by atoms with Crippen molar-refractivity contribution in [3.8, 4) is 0 Å². The molecule has 1 aliphatic rings.